The number of halogens is 2. The van der Waals surface area contributed by atoms with Gasteiger partial charge in [0.25, 0.3) is 0 Å². The third-order valence-corrected chi connectivity index (χ3v) is 3.63. The summed E-state index contributed by atoms with van der Waals surface area (Å²) in [6, 6.07) is 4.74. The van der Waals surface area contributed by atoms with Crippen molar-refractivity contribution >= 4 is 11.6 Å². The van der Waals surface area contributed by atoms with Crippen LogP contribution >= 0.6 is 11.6 Å². The molecule has 1 saturated carbocycles. The van der Waals surface area contributed by atoms with E-state index < -0.39 is 0 Å². The van der Waals surface area contributed by atoms with Gasteiger partial charge in [0, 0.05) is 22.5 Å². The van der Waals surface area contributed by atoms with E-state index in [9.17, 15) is 4.39 Å². The fraction of sp³-hybridized carbons (Fsp3) is 0.571. The molecule has 1 aliphatic carbocycles. The van der Waals surface area contributed by atoms with Crippen molar-refractivity contribution in [1.82, 2.24) is 5.32 Å². The van der Waals surface area contributed by atoms with Crippen molar-refractivity contribution in [3.63, 3.8) is 0 Å². The first-order valence-electron chi connectivity index (χ1n) is 6.03. The summed E-state index contributed by atoms with van der Waals surface area (Å²) in [4.78, 5) is 0. The Balaban J connectivity index is 2.16. The van der Waals surface area contributed by atoms with Crippen molar-refractivity contribution in [2.24, 2.45) is 0 Å². The number of nitrogens with one attached hydrogen (secondary N) is 1. The molecule has 0 unspecified atom stereocenters. The van der Waals surface area contributed by atoms with Gasteiger partial charge in [-0.1, -0.05) is 17.7 Å². The molecular formula is C14H19ClFN. The second-order valence-electron chi connectivity index (χ2n) is 6.01. The Hall–Kier alpha value is -0.600. The molecule has 0 saturated heterocycles. The van der Waals surface area contributed by atoms with E-state index >= 15 is 0 Å². The molecule has 1 aromatic carbocycles. The zero-order chi connectivity index (χ0) is 12.7. The highest BCUT2D eigenvalue weighted by molar-refractivity contribution is 6.31. The van der Waals surface area contributed by atoms with Gasteiger partial charge < -0.3 is 5.32 Å². The molecule has 0 radical (unpaired) electrons. The molecule has 2 rings (SSSR count). The van der Waals surface area contributed by atoms with E-state index in [-0.39, 0.29) is 16.8 Å². The van der Waals surface area contributed by atoms with Gasteiger partial charge in [-0.3, -0.25) is 0 Å². The van der Waals surface area contributed by atoms with Gasteiger partial charge >= 0.3 is 0 Å². The van der Waals surface area contributed by atoms with Crippen molar-refractivity contribution in [3.8, 4) is 0 Å². The molecule has 0 heterocycles. The maximum atomic E-state index is 13.0. The van der Waals surface area contributed by atoms with Gasteiger partial charge in [-0.15, -0.1) is 0 Å². The van der Waals surface area contributed by atoms with Crippen molar-refractivity contribution < 1.29 is 4.39 Å². The topological polar surface area (TPSA) is 12.0 Å². The first-order valence-corrected chi connectivity index (χ1v) is 6.41. The molecule has 94 valence electrons. The Kier molecular flexibility index (Phi) is 3.21. The van der Waals surface area contributed by atoms with Crippen LogP contribution < -0.4 is 5.32 Å². The summed E-state index contributed by atoms with van der Waals surface area (Å²) >= 11 is 6.14. The largest absolute Gasteiger partial charge is 0.311 e. The molecule has 1 aliphatic rings. The van der Waals surface area contributed by atoms with E-state index in [2.05, 4.69) is 26.1 Å². The second kappa shape index (κ2) is 4.25. The van der Waals surface area contributed by atoms with Gasteiger partial charge in [0.1, 0.15) is 5.82 Å². The zero-order valence-corrected chi connectivity index (χ0v) is 11.4. The molecule has 1 N–H and O–H groups in total. The van der Waals surface area contributed by atoms with Gasteiger partial charge in [0.05, 0.1) is 0 Å². The summed E-state index contributed by atoms with van der Waals surface area (Å²) in [5.41, 5.74) is 1.30. The Morgan fingerprint density at radius 2 is 2.00 bits per heavy atom. The molecule has 0 atom stereocenters. The van der Waals surface area contributed by atoms with E-state index in [4.69, 9.17) is 11.6 Å². The van der Waals surface area contributed by atoms with Crippen LogP contribution in [0.15, 0.2) is 18.2 Å². The minimum Gasteiger partial charge on any atom is -0.311 e. The smallest absolute Gasteiger partial charge is 0.124 e. The highest BCUT2D eigenvalue weighted by atomic mass is 35.5. The highest BCUT2D eigenvalue weighted by Crippen LogP contribution is 2.50. The third-order valence-electron chi connectivity index (χ3n) is 3.31. The summed E-state index contributed by atoms with van der Waals surface area (Å²) in [6.07, 6.45) is 2.25. The number of rotatable bonds is 3. The predicted octanol–water partition coefficient (Wildman–Crippen LogP) is 3.90. The van der Waals surface area contributed by atoms with Crippen molar-refractivity contribution in [3.05, 3.63) is 34.6 Å². The monoisotopic (exact) mass is 255 g/mol. The lowest BCUT2D eigenvalue weighted by molar-refractivity contribution is 0.399. The molecule has 1 aromatic rings. The summed E-state index contributed by atoms with van der Waals surface area (Å²) in [5, 5.41) is 4.07. The van der Waals surface area contributed by atoms with Gasteiger partial charge in [-0.25, -0.2) is 4.39 Å². The van der Waals surface area contributed by atoms with Gasteiger partial charge in [-0.05, 0) is 51.3 Å². The molecular weight excluding hydrogens is 237 g/mol. The summed E-state index contributed by atoms with van der Waals surface area (Å²) < 4.78 is 13.0. The number of hydrogen-bond donors (Lipinski definition) is 1. The molecule has 0 aliphatic heterocycles. The Bertz CT molecular complexity index is 419. The van der Waals surface area contributed by atoms with Crippen LogP contribution in [0.5, 0.6) is 0 Å². The maximum absolute atomic E-state index is 13.0. The van der Waals surface area contributed by atoms with Crippen LogP contribution in [-0.2, 0) is 5.41 Å². The highest BCUT2D eigenvalue weighted by Gasteiger charge is 2.45. The van der Waals surface area contributed by atoms with E-state index in [1.54, 1.807) is 0 Å². The Labute approximate surface area is 107 Å². The first-order chi connectivity index (χ1) is 7.82. The van der Waals surface area contributed by atoms with Gasteiger partial charge in [0.15, 0.2) is 0 Å². The third kappa shape index (κ3) is 2.99. The van der Waals surface area contributed by atoms with Crippen molar-refractivity contribution in [2.75, 3.05) is 6.54 Å². The van der Waals surface area contributed by atoms with Crippen molar-refractivity contribution in [1.29, 1.82) is 0 Å². The number of benzene rings is 1. The van der Waals surface area contributed by atoms with E-state index in [1.807, 2.05) is 6.07 Å². The average Bonchev–Trinajstić information content (AvgIpc) is 2.95. The standard InChI is InChI=1S/C14H19ClFN/c1-13(2,3)17-9-14(6-7-14)11-5-4-10(16)8-12(11)15/h4-5,8,17H,6-7,9H2,1-3H3. The molecule has 0 aromatic heterocycles. The second-order valence-corrected chi connectivity index (χ2v) is 6.42. The fourth-order valence-electron chi connectivity index (χ4n) is 2.05. The Morgan fingerprint density at radius 3 is 2.47 bits per heavy atom. The summed E-state index contributed by atoms with van der Waals surface area (Å²) in [5.74, 6) is -0.265. The quantitative estimate of drug-likeness (QED) is 0.864. The normalized spacial score (nSPS) is 18.2. The average molecular weight is 256 g/mol. The van der Waals surface area contributed by atoms with Crippen LogP contribution in [-0.4, -0.2) is 12.1 Å². The lowest BCUT2D eigenvalue weighted by Gasteiger charge is -2.26. The fourth-order valence-corrected chi connectivity index (χ4v) is 2.41. The minimum absolute atomic E-state index is 0.0993. The minimum atomic E-state index is -0.265. The van der Waals surface area contributed by atoms with Crippen LogP contribution in [0.25, 0.3) is 0 Å². The molecule has 0 spiro atoms. The van der Waals surface area contributed by atoms with E-state index in [0.29, 0.717) is 5.02 Å². The van der Waals surface area contributed by atoms with Crippen molar-refractivity contribution in [2.45, 2.75) is 44.6 Å². The SMILES string of the molecule is CC(C)(C)NCC1(c2ccc(F)cc2Cl)CC1. The summed E-state index contributed by atoms with van der Waals surface area (Å²) in [7, 11) is 0. The molecule has 0 bridgehead atoms. The van der Waals surface area contributed by atoms with Crippen LogP contribution in [0.1, 0.15) is 39.2 Å². The lowest BCUT2D eigenvalue weighted by Crippen LogP contribution is -2.41. The van der Waals surface area contributed by atoms with E-state index in [0.717, 1.165) is 24.9 Å². The van der Waals surface area contributed by atoms with Gasteiger partial charge in [-0.2, -0.15) is 0 Å². The van der Waals surface area contributed by atoms with E-state index in [1.165, 1.54) is 12.1 Å². The van der Waals surface area contributed by atoms with Crippen LogP contribution in [0.3, 0.4) is 0 Å². The Morgan fingerprint density at radius 1 is 1.35 bits per heavy atom. The van der Waals surface area contributed by atoms with Gasteiger partial charge in [0.2, 0.25) is 0 Å². The molecule has 1 fully saturated rings. The number of hydrogen-bond acceptors (Lipinski definition) is 1. The van der Waals surface area contributed by atoms with Crippen LogP contribution in [0.4, 0.5) is 4.39 Å². The first kappa shape index (κ1) is 12.8. The molecule has 1 nitrogen and oxygen atoms in total. The lowest BCUT2D eigenvalue weighted by atomic mass is 9.94. The molecule has 3 heteroatoms. The molecule has 17 heavy (non-hydrogen) atoms. The zero-order valence-electron chi connectivity index (χ0n) is 10.6. The molecule has 0 amide bonds. The predicted molar refractivity (Wildman–Crippen MR) is 70.1 cm³/mol. The summed E-state index contributed by atoms with van der Waals surface area (Å²) in [6.45, 7) is 7.35. The maximum Gasteiger partial charge on any atom is 0.124 e. The van der Waals surface area contributed by atoms with Crippen LogP contribution in [0, 0.1) is 5.82 Å². The van der Waals surface area contributed by atoms with Crippen LogP contribution in [0.2, 0.25) is 5.02 Å².